The first-order valence-electron chi connectivity index (χ1n) is 26.4. The molecule has 7 rings (SSSR count). The minimum absolute atomic E-state index is 0.0148. The lowest BCUT2D eigenvalue weighted by atomic mass is 9.85. The quantitative estimate of drug-likeness (QED) is 0.0628. The second-order valence-corrected chi connectivity index (χ2v) is 25.7. The molecule has 15 nitrogen and oxygen atoms in total. The number of aromatic nitrogens is 3. The van der Waals surface area contributed by atoms with E-state index in [4.69, 9.17) is 21.3 Å². The number of piperidine rings is 1. The van der Waals surface area contributed by atoms with Crippen LogP contribution in [0.5, 0.6) is 5.75 Å². The first kappa shape index (κ1) is 57.9. The van der Waals surface area contributed by atoms with Crippen LogP contribution in [0.1, 0.15) is 144 Å². The Bertz CT molecular complexity index is 2980. The molecule has 0 spiro atoms. The summed E-state index contributed by atoms with van der Waals surface area (Å²) in [6.45, 7) is 18.4. The number of amides is 4. The van der Waals surface area contributed by atoms with Crippen LogP contribution in [0.15, 0.2) is 77.3 Å². The fourth-order valence-corrected chi connectivity index (χ4v) is 12.3. The first-order chi connectivity index (χ1) is 36.0. The van der Waals surface area contributed by atoms with Gasteiger partial charge in [0, 0.05) is 70.0 Å². The van der Waals surface area contributed by atoms with Crippen molar-refractivity contribution in [2.24, 2.45) is 5.41 Å². The average molecular weight is 1100 g/mol. The lowest BCUT2D eigenvalue weighted by Crippen LogP contribution is -2.57. The Morgan fingerprint density at radius 3 is 2.28 bits per heavy atom. The van der Waals surface area contributed by atoms with Crippen molar-refractivity contribution in [3.8, 4) is 16.2 Å². The number of unbranched alkanes of at least 4 members (excludes halogenated alkanes) is 1. The summed E-state index contributed by atoms with van der Waals surface area (Å²) in [7, 11) is -3.53. The normalized spacial score (nSPS) is 16.8. The number of hydrogen-bond donors (Lipinski definition) is 3. The molecule has 2 aromatic heterocycles. The second-order valence-electron chi connectivity index (χ2n) is 21.9. The Kier molecular flexibility index (Phi) is 19.2. The number of thiazole rings is 1. The standard InChI is InChI=1S/C58H74ClN7O8S2/c1-35(2)74-49-30-45(37(5)26-43(49)28-51-60-32-46(59)47(63-51)27-42-14-10-11-15-50(42)76(72,73)36(3)4)40-22-24-65(25-23-40)53(69)17-13-12-16-52(68)64-55(58(7,8)9)57(71)66-33-44(67)29-48(66)56(70)61-31-39-18-20-41(21-19-39)54-38(6)62-34-75-54/h10-11,14-15,18-21,26,30,32,34-36,40,44,48,55,67H,12-13,16-17,22-25,27-29,31,33H2,1-9H3,(H,61,70)(H,64,68)/t44-,48+,55-/m1/s1. The number of hydrogen-bond acceptors (Lipinski definition) is 12. The van der Waals surface area contributed by atoms with E-state index in [9.17, 15) is 32.7 Å². The molecule has 0 saturated carbocycles. The highest BCUT2D eigenvalue weighted by atomic mass is 35.5. The van der Waals surface area contributed by atoms with Crippen molar-refractivity contribution < 1.29 is 37.4 Å². The van der Waals surface area contributed by atoms with Crippen LogP contribution in [-0.4, -0.2) is 111 Å². The van der Waals surface area contributed by atoms with E-state index in [1.54, 1.807) is 49.6 Å². The smallest absolute Gasteiger partial charge is 0.246 e. The first-order valence-corrected chi connectivity index (χ1v) is 29.2. The van der Waals surface area contributed by atoms with E-state index in [1.807, 2.05) is 82.3 Å². The van der Waals surface area contributed by atoms with Crippen LogP contribution in [0, 0.1) is 19.3 Å². The van der Waals surface area contributed by atoms with Crippen LogP contribution in [0.3, 0.4) is 0 Å². The number of carbonyl (C=O) groups excluding carboxylic acids is 4. The van der Waals surface area contributed by atoms with Gasteiger partial charge < -0.3 is 30.3 Å². The van der Waals surface area contributed by atoms with Gasteiger partial charge in [0.05, 0.1) is 49.2 Å². The number of aryl methyl sites for hydroxylation is 2. The van der Waals surface area contributed by atoms with Crippen molar-refractivity contribution in [3.05, 3.63) is 122 Å². The highest BCUT2D eigenvalue weighted by molar-refractivity contribution is 7.92. The van der Waals surface area contributed by atoms with Gasteiger partial charge in [0.25, 0.3) is 0 Å². The number of likely N-dealkylation sites (tertiary alicyclic amines) is 2. The van der Waals surface area contributed by atoms with Crippen LogP contribution in [0.25, 0.3) is 10.4 Å². The molecule has 2 fully saturated rings. The number of sulfone groups is 1. The van der Waals surface area contributed by atoms with Crippen molar-refractivity contribution in [2.75, 3.05) is 19.6 Å². The number of benzene rings is 3. The molecule has 2 aliphatic heterocycles. The lowest BCUT2D eigenvalue weighted by Gasteiger charge is -2.35. The third-order valence-electron chi connectivity index (χ3n) is 14.3. The number of aliphatic hydroxyl groups is 1. The Balaban J connectivity index is 0.890. The Morgan fingerprint density at radius 1 is 0.921 bits per heavy atom. The zero-order chi connectivity index (χ0) is 55.1. The summed E-state index contributed by atoms with van der Waals surface area (Å²) in [6.07, 6.45) is 4.27. The molecule has 0 unspecified atom stereocenters. The van der Waals surface area contributed by atoms with Crippen LogP contribution >= 0.6 is 22.9 Å². The molecule has 18 heteroatoms. The summed E-state index contributed by atoms with van der Waals surface area (Å²) in [6, 6.07) is 17.3. The highest BCUT2D eigenvalue weighted by Gasteiger charge is 2.44. The van der Waals surface area contributed by atoms with Gasteiger partial charge in [0.1, 0.15) is 23.7 Å². The molecule has 3 N–H and O–H groups in total. The van der Waals surface area contributed by atoms with Crippen molar-refractivity contribution >= 4 is 56.4 Å². The molecular weight excluding hydrogens is 1020 g/mol. The Hall–Kier alpha value is -5.75. The molecule has 76 heavy (non-hydrogen) atoms. The molecule has 0 radical (unpaired) electrons. The Labute approximate surface area is 457 Å². The van der Waals surface area contributed by atoms with Crippen LogP contribution in [0.2, 0.25) is 5.02 Å². The number of β-amino-alcohol motifs (C(OH)–C–C–N with tert-alkyl or cyclic N) is 1. The maximum absolute atomic E-state index is 14.2. The number of rotatable bonds is 20. The molecular formula is C58H74ClN7O8S2. The Morgan fingerprint density at radius 2 is 1.62 bits per heavy atom. The molecule has 0 bridgehead atoms. The fraction of sp³-hybridized carbons (Fsp3) is 0.500. The van der Waals surface area contributed by atoms with Gasteiger partial charge in [-0.25, -0.2) is 23.4 Å². The number of halogens is 1. The fourth-order valence-electron chi connectivity index (χ4n) is 10.1. The maximum atomic E-state index is 14.2. The van der Waals surface area contributed by atoms with Gasteiger partial charge in [-0.2, -0.15) is 0 Å². The number of aliphatic hydroxyl groups excluding tert-OH is 1. The zero-order valence-corrected chi connectivity index (χ0v) is 47.7. The SMILES string of the molecule is Cc1cc(Cc2ncc(Cl)c(Cc3ccccc3S(=O)(=O)C(C)C)n2)c(OC(C)C)cc1C1CCN(C(=O)CCCCC(=O)N[C@H](C(=O)N2C[C@H](O)C[C@H]2C(=O)NCc2ccc(-c3scnc3C)cc2)C(C)(C)C)CC1. The third kappa shape index (κ3) is 14.4. The predicted molar refractivity (Wildman–Crippen MR) is 297 cm³/mol. The molecule has 408 valence electrons. The van der Waals surface area contributed by atoms with E-state index in [0.29, 0.717) is 60.9 Å². The summed E-state index contributed by atoms with van der Waals surface area (Å²) < 4.78 is 32.8. The number of carbonyl (C=O) groups is 4. The molecule has 4 heterocycles. The summed E-state index contributed by atoms with van der Waals surface area (Å²) in [5.74, 6) is 0.432. The third-order valence-corrected chi connectivity index (χ3v) is 17.9. The summed E-state index contributed by atoms with van der Waals surface area (Å²) in [4.78, 5) is 73.0. The topological polar surface area (TPSA) is 201 Å². The molecule has 2 saturated heterocycles. The summed E-state index contributed by atoms with van der Waals surface area (Å²) in [5.41, 5.74) is 8.38. The minimum atomic E-state index is -3.53. The van der Waals surface area contributed by atoms with Gasteiger partial charge in [0.2, 0.25) is 23.6 Å². The number of nitrogens with zero attached hydrogens (tertiary/aromatic N) is 5. The van der Waals surface area contributed by atoms with Crippen LogP contribution < -0.4 is 15.4 Å². The van der Waals surface area contributed by atoms with Crippen molar-refractivity contribution in [1.29, 1.82) is 0 Å². The van der Waals surface area contributed by atoms with Gasteiger partial charge in [-0.05, 0) is 119 Å². The molecule has 0 aliphatic carbocycles. The number of nitrogens with one attached hydrogen (secondary N) is 2. The van der Waals surface area contributed by atoms with E-state index in [0.717, 1.165) is 51.4 Å². The number of ether oxygens (including phenoxy) is 1. The van der Waals surface area contributed by atoms with E-state index >= 15 is 0 Å². The minimum Gasteiger partial charge on any atom is -0.491 e. The predicted octanol–water partition coefficient (Wildman–Crippen LogP) is 9.10. The van der Waals surface area contributed by atoms with Crippen molar-refractivity contribution in [1.82, 2.24) is 35.4 Å². The average Bonchev–Trinajstić information content (AvgIpc) is 4.00. The maximum Gasteiger partial charge on any atom is 0.246 e. The lowest BCUT2D eigenvalue weighted by molar-refractivity contribution is -0.144. The zero-order valence-electron chi connectivity index (χ0n) is 45.3. The largest absolute Gasteiger partial charge is 0.491 e. The van der Waals surface area contributed by atoms with Crippen LogP contribution in [-0.2, 0) is 48.4 Å². The van der Waals surface area contributed by atoms with E-state index in [2.05, 4.69) is 39.7 Å². The van der Waals surface area contributed by atoms with Crippen molar-refractivity contribution in [2.45, 2.75) is 167 Å². The highest BCUT2D eigenvalue weighted by Crippen LogP contribution is 2.37. The molecule has 3 aromatic carbocycles. The molecule has 4 amide bonds. The van der Waals surface area contributed by atoms with E-state index in [1.165, 1.54) is 10.5 Å². The van der Waals surface area contributed by atoms with Crippen LogP contribution in [0.4, 0.5) is 0 Å². The molecule has 2 aliphatic rings. The monoisotopic (exact) mass is 1100 g/mol. The summed E-state index contributed by atoms with van der Waals surface area (Å²) in [5, 5.41) is 16.3. The summed E-state index contributed by atoms with van der Waals surface area (Å²) >= 11 is 8.19. The van der Waals surface area contributed by atoms with Gasteiger partial charge >= 0.3 is 0 Å². The molecule has 5 aromatic rings. The van der Waals surface area contributed by atoms with Crippen molar-refractivity contribution in [3.63, 3.8) is 0 Å². The van der Waals surface area contributed by atoms with Gasteiger partial charge in [-0.15, -0.1) is 11.3 Å². The molecule has 3 atom stereocenters. The second kappa shape index (κ2) is 25.2. The van der Waals surface area contributed by atoms with Gasteiger partial charge in [-0.3, -0.25) is 19.2 Å². The van der Waals surface area contributed by atoms with E-state index in [-0.39, 0.29) is 67.0 Å². The van der Waals surface area contributed by atoms with Gasteiger partial charge in [0.15, 0.2) is 9.84 Å². The van der Waals surface area contributed by atoms with E-state index < -0.39 is 44.6 Å². The van der Waals surface area contributed by atoms with Gasteiger partial charge in [-0.1, -0.05) is 80.9 Å².